The van der Waals surface area contributed by atoms with E-state index in [9.17, 15) is 10.1 Å². The fourth-order valence-electron chi connectivity index (χ4n) is 3.48. The van der Waals surface area contributed by atoms with Crippen LogP contribution in [-0.2, 0) is 9.47 Å². The minimum Gasteiger partial charge on any atom is -0.466 e. The first-order valence-corrected chi connectivity index (χ1v) is 8.36. The second-order valence-corrected chi connectivity index (χ2v) is 5.98. The lowest BCUT2D eigenvalue weighted by Gasteiger charge is -2.27. The number of rotatable bonds is 7. The third-order valence-corrected chi connectivity index (χ3v) is 4.57. The molecule has 0 unspecified atom stereocenters. The fraction of sp³-hybridized carbons (Fsp3) is 0.300. The summed E-state index contributed by atoms with van der Waals surface area (Å²) >= 11 is 0. The Balaban J connectivity index is 1.82. The first-order chi connectivity index (χ1) is 12.1. The van der Waals surface area contributed by atoms with Gasteiger partial charge >= 0.3 is 0 Å². The van der Waals surface area contributed by atoms with Crippen molar-refractivity contribution in [1.82, 2.24) is 0 Å². The number of hydrogen-bond acceptors (Lipinski definition) is 4. The number of ether oxygens (including phenoxy) is 2. The number of hydrogen-bond donors (Lipinski definition) is 0. The van der Waals surface area contributed by atoms with Gasteiger partial charge in [-0.25, -0.2) is 0 Å². The molecule has 0 heterocycles. The van der Waals surface area contributed by atoms with Crippen LogP contribution in [0, 0.1) is 22.0 Å². The van der Waals surface area contributed by atoms with Gasteiger partial charge in [-0.1, -0.05) is 48.1 Å². The van der Waals surface area contributed by atoms with Gasteiger partial charge in [0.1, 0.15) is 6.61 Å². The maximum atomic E-state index is 11.4. The van der Waals surface area contributed by atoms with E-state index >= 15 is 0 Å². The molecule has 0 spiro atoms. The highest BCUT2D eigenvalue weighted by atomic mass is 16.7. The van der Waals surface area contributed by atoms with E-state index in [4.69, 9.17) is 9.47 Å². The summed E-state index contributed by atoms with van der Waals surface area (Å²) < 4.78 is 10.6. The summed E-state index contributed by atoms with van der Waals surface area (Å²) in [4.78, 5) is 11.1. The summed E-state index contributed by atoms with van der Waals surface area (Å²) in [7, 11) is 0. The average molecular weight is 339 g/mol. The molecule has 0 N–H and O–H groups in total. The monoisotopic (exact) mass is 339 g/mol. The summed E-state index contributed by atoms with van der Waals surface area (Å²) in [6.45, 7) is 6.47. The second-order valence-electron chi connectivity index (χ2n) is 5.98. The van der Waals surface area contributed by atoms with Gasteiger partial charge in [-0.15, -0.1) is 0 Å². The molecular formula is C20H21NO4. The smallest absolute Gasteiger partial charge is 0.273 e. The molecule has 5 nitrogen and oxygen atoms in total. The van der Waals surface area contributed by atoms with Crippen LogP contribution < -0.4 is 0 Å². The van der Waals surface area contributed by atoms with Crippen LogP contribution >= 0.6 is 0 Å². The number of fused-ring (bicyclic) bond motifs is 2. The van der Waals surface area contributed by atoms with E-state index in [0.29, 0.717) is 19.2 Å². The molecule has 0 saturated heterocycles. The van der Waals surface area contributed by atoms with Gasteiger partial charge in [0.2, 0.25) is 0 Å². The molecular weight excluding hydrogens is 318 g/mol. The van der Waals surface area contributed by atoms with E-state index in [1.54, 1.807) is 12.1 Å². The molecule has 0 aromatic heterocycles. The van der Waals surface area contributed by atoms with Crippen LogP contribution in [0.3, 0.4) is 0 Å². The molecule has 0 amide bonds. The molecule has 0 aliphatic heterocycles. The molecule has 2 bridgehead atoms. The summed E-state index contributed by atoms with van der Waals surface area (Å²) in [6.07, 6.45) is 10.5. The summed E-state index contributed by atoms with van der Waals surface area (Å²) in [6, 6.07) is 6.95. The lowest BCUT2D eigenvalue weighted by Crippen LogP contribution is -2.17. The predicted molar refractivity (Wildman–Crippen MR) is 95.9 cm³/mol. The standard InChI is InChI=1S/C20H21NO4/c1-3-24-14(2)25-13-12-16-15-8-10-17(16)18(11-9-15)19-6-4-5-7-20(19)21(22)23/h4-12,15,17-18H,2-3,13H2,1H3/b16-12+/t15-,17-,18+/m0/s1. The van der Waals surface area contributed by atoms with Gasteiger partial charge in [0.05, 0.1) is 11.5 Å². The molecule has 5 heteroatoms. The summed E-state index contributed by atoms with van der Waals surface area (Å²) in [5.74, 6) is 0.604. The highest BCUT2D eigenvalue weighted by molar-refractivity contribution is 5.50. The number of nitro groups is 1. The quantitative estimate of drug-likeness (QED) is 0.317. The lowest BCUT2D eigenvalue weighted by atomic mass is 9.76. The highest BCUT2D eigenvalue weighted by Crippen LogP contribution is 2.47. The number of benzene rings is 1. The van der Waals surface area contributed by atoms with Crippen molar-refractivity contribution in [3.05, 3.63) is 88.4 Å². The first-order valence-electron chi connectivity index (χ1n) is 8.36. The molecule has 3 atom stereocenters. The molecule has 3 rings (SSSR count). The van der Waals surface area contributed by atoms with Crippen LogP contribution in [0.15, 0.2) is 72.7 Å². The molecule has 2 aliphatic carbocycles. The molecule has 0 fully saturated rings. The third kappa shape index (κ3) is 3.50. The molecule has 2 aliphatic rings. The van der Waals surface area contributed by atoms with Crippen molar-refractivity contribution in [2.75, 3.05) is 13.2 Å². The van der Waals surface area contributed by atoms with Crippen LogP contribution in [0.4, 0.5) is 5.69 Å². The van der Waals surface area contributed by atoms with Crippen LogP contribution in [-0.4, -0.2) is 18.1 Å². The van der Waals surface area contributed by atoms with E-state index < -0.39 is 0 Å². The minimum absolute atomic E-state index is 0.0436. The van der Waals surface area contributed by atoms with Gasteiger partial charge in [0, 0.05) is 29.4 Å². The zero-order valence-corrected chi connectivity index (χ0v) is 14.1. The van der Waals surface area contributed by atoms with Crippen LogP contribution in [0.1, 0.15) is 18.4 Å². The second kappa shape index (κ2) is 7.38. The van der Waals surface area contributed by atoms with E-state index in [1.165, 1.54) is 5.57 Å². The molecule has 25 heavy (non-hydrogen) atoms. The van der Waals surface area contributed by atoms with Gasteiger partial charge in [-0.05, 0) is 19.6 Å². The number of para-hydroxylation sites is 1. The van der Waals surface area contributed by atoms with E-state index in [1.807, 2.05) is 25.1 Å². The van der Waals surface area contributed by atoms with Crippen molar-refractivity contribution in [3.8, 4) is 0 Å². The number of nitro benzene ring substituents is 1. The van der Waals surface area contributed by atoms with E-state index in [0.717, 1.165) is 5.56 Å². The molecule has 0 saturated carbocycles. The third-order valence-electron chi connectivity index (χ3n) is 4.57. The lowest BCUT2D eigenvalue weighted by molar-refractivity contribution is -0.385. The topological polar surface area (TPSA) is 61.6 Å². The minimum atomic E-state index is -0.313. The molecule has 0 radical (unpaired) electrons. The van der Waals surface area contributed by atoms with Crippen molar-refractivity contribution < 1.29 is 14.4 Å². The predicted octanol–water partition coefficient (Wildman–Crippen LogP) is 4.50. The van der Waals surface area contributed by atoms with Crippen LogP contribution in [0.2, 0.25) is 0 Å². The molecule has 1 aromatic rings. The highest BCUT2D eigenvalue weighted by Gasteiger charge is 2.36. The van der Waals surface area contributed by atoms with Crippen LogP contribution in [0.5, 0.6) is 0 Å². The van der Waals surface area contributed by atoms with Crippen molar-refractivity contribution in [2.24, 2.45) is 11.8 Å². The Morgan fingerprint density at radius 3 is 2.64 bits per heavy atom. The summed E-state index contributed by atoms with van der Waals surface area (Å²) in [5, 5.41) is 11.4. The number of nitrogens with zero attached hydrogens (tertiary/aromatic N) is 1. The Morgan fingerprint density at radius 2 is 1.92 bits per heavy atom. The van der Waals surface area contributed by atoms with Crippen molar-refractivity contribution in [2.45, 2.75) is 12.8 Å². The maximum absolute atomic E-state index is 11.4. The zero-order chi connectivity index (χ0) is 17.8. The van der Waals surface area contributed by atoms with Crippen molar-refractivity contribution >= 4 is 5.69 Å². The van der Waals surface area contributed by atoms with E-state index in [-0.39, 0.29) is 28.4 Å². The number of allylic oxidation sites excluding steroid dienone is 5. The Morgan fingerprint density at radius 1 is 1.20 bits per heavy atom. The Bertz CT molecular complexity index is 763. The van der Waals surface area contributed by atoms with Gasteiger partial charge in [-0.3, -0.25) is 10.1 Å². The molecule has 130 valence electrons. The Kier molecular flexibility index (Phi) is 5.03. The van der Waals surface area contributed by atoms with Gasteiger partial charge < -0.3 is 9.47 Å². The Labute approximate surface area is 147 Å². The zero-order valence-electron chi connectivity index (χ0n) is 14.1. The fourth-order valence-corrected chi connectivity index (χ4v) is 3.48. The SMILES string of the molecule is C=C(OCC)OC/C=C1\[C@H]2C=C[C@@H]1[C@H](c1ccccc1[N+](=O)[O-])C=C2. The first kappa shape index (κ1) is 17.0. The van der Waals surface area contributed by atoms with Crippen molar-refractivity contribution in [1.29, 1.82) is 0 Å². The van der Waals surface area contributed by atoms with Gasteiger partial charge in [0.15, 0.2) is 0 Å². The normalized spacial score (nSPS) is 25.2. The van der Waals surface area contributed by atoms with Crippen LogP contribution in [0.25, 0.3) is 0 Å². The maximum Gasteiger partial charge on any atom is 0.273 e. The summed E-state index contributed by atoms with van der Waals surface area (Å²) in [5.41, 5.74) is 2.11. The van der Waals surface area contributed by atoms with E-state index in [2.05, 4.69) is 30.9 Å². The van der Waals surface area contributed by atoms with Gasteiger partial charge in [-0.2, -0.15) is 0 Å². The average Bonchev–Trinajstić information content (AvgIpc) is 2.86. The Hall–Kier alpha value is -2.82. The molecule has 1 aromatic carbocycles. The van der Waals surface area contributed by atoms with Crippen molar-refractivity contribution in [3.63, 3.8) is 0 Å². The van der Waals surface area contributed by atoms with Gasteiger partial charge in [0.25, 0.3) is 11.6 Å². The largest absolute Gasteiger partial charge is 0.466 e.